The van der Waals surface area contributed by atoms with Gasteiger partial charge in [-0.15, -0.1) is 11.3 Å². The van der Waals surface area contributed by atoms with Gasteiger partial charge >= 0.3 is 0 Å². The van der Waals surface area contributed by atoms with E-state index in [4.69, 9.17) is 10.1 Å². The van der Waals surface area contributed by atoms with Crippen LogP contribution in [0, 0.1) is 16.0 Å². The Morgan fingerprint density at radius 1 is 1.24 bits per heavy atom. The van der Waals surface area contributed by atoms with Gasteiger partial charge in [0.1, 0.15) is 0 Å². The predicted octanol–water partition coefficient (Wildman–Crippen LogP) is 6.02. The molecule has 1 aliphatic rings. The zero-order chi connectivity index (χ0) is 20.8. The standard InChI is InChI=1S/C22H30N4O2S/c1-16(2)9-10-17(3)24-25-21(18-11-13-20(14-12-18)26(27)28)15-29-22(25)23-19-7-5-4-6-8-19/h11-16,19H,4-10H2,1-3H3. The minimum atomic E-state index is -0.372. The van der Waals surface area contributed by atoms with Crippen molar-refractivity contribution in [2.75, 3.05) is 0 Å². The Bertz CT molecular complexity index is 919. The molecule has 0 spiro atoms. The number of hydrogen-bond donors (Lipinski definition) is 0. The summed E-state index contributed by atoms with van der Waals surface area (Å²) in [6.45, 7) is 6.51. The lowest BCUT2D eigenvalue weighted by molar-refractivity contribution is -0.384. The van der Waals surface area contributed by atoms with Crippen molar-refractivity contribution in [3.63, 3.8) is 0 Å². The van der Waals surface area contributed by atoms with E-state index in [1.54, 1.807) is 35.6 Å². The van der Waals surface area contributed by atoms with Gasteiger partial charge in [0.15, 0.2) is 0 Å². The summed E-state index contributed by atoms with van der Waals surface area (Å²) in [4.78, 5) is 16.5. The van der Waals surface area contributed by atoms with Crippen molar-refractivity contribution < 1.29 is 4.92 Å². The van der Waals surface area contributed by atoms with E-state index in [9.17, 15) is 10.1 Å². The van der Waals surface area contributed by atoms with E-state index >= 15 is 0 Å². The molecule has 0 bridgehead atoms. The van der Waals surface area contributed by atoms with Gasteiger partial charge in [0.25, 0.3) is 5.69 Å². The Labute approximate surface area is 176 Å². The number of hydrogen-bond acceptors (Lipinski definition) is 5. The van der Waals surface area contributed by atoms with Gasteiger partial charge in [-0.05, 0) is 50.7 Å². The van der Waals surface area contributed by atoms with Gasteiger partial charge < -0.3 is 0 Å². The fourth-order valence-corrected chi connectivity index (χ4v) is 4.42. The Morgan fingerprint density at radius 2 is 1.93 bits per heavy atom. The van der Waals surface area contributed by atoms with E-state index in [0.717, 1.165) is 47.5 Å². The first-order valence-electron chi connectivity index (χ1n) is 10.5. The molecule has 1 aromatic carbocycles. The molecule has 6 nitrogen and oxygen atoms in total. The highest BCUT2D eigenvalue weighted by Crippen LogP contribution is 2.24. The predicted molar refractivity (Wildman–Crippen MR) is 119 cm³/mol. The lowest BCUT2D eigenvalue weighted by atomic mass is 9.96. The number of rotatable bonds is 7. The maximum atomic E-state index is 11.0. The highest BCUT2D eigenvalue weighted by Gasteiger charge is 2.15. The van der Waals surface area contributed by atoms with Crippen molar-refractivity contribution in [3.8, 4) is 11.3 Å². The summed E-state index contributed by atoms with van der Waals surface area (Å²) in [5.74, 6) is 0.633. The Morgan fingerprint density at radius 3 is 2.55 bits per heavy atom. The van der Waals surface area contributed by atoms with Crippen molar-refractivity contribution in [2.45, 2.75) is 71.8 Å². The number of nitrogens with zero attached hydrogens (tertiary/aromatic N) is 4. The normalized spacial score (nSPS) is 16.6. The maximum Gasteiger partial charge on any atom is 0.269 e. The van der Waals surface area contributed by atoms with Crippen LogP contribution in [0.3, 0.4) is 0 Å². The van der Waals surface area contributed by atoms with Crippen molar-refractivity contribution in [3.05, 3.63) is 44.6 Å². The summed E-state index contributed by atoms with van der Waals surface area (Å²) in [7, 11) is 0. The average Bonchev–Trinajstić information content (AvgIpc) is 3.09. The first-order valence-corrected chi connectivity index (χ1v) is 11.4. The molecule has 0 unspecified atom stereocenters. The van der Waals surface area contributed by atoms with Crippen LogP contribution in [0.15, 0.2) is 39.7 Å². The molecule has 2 aromatic rings. The summed E-state index contributed by atoms with van der Waals surface area (Å²) in [5, 5.41) is 17.9. The molecule has 1 aromatic heterocycles. The van der Waals surface area contributed by atoms with Gasteiger partial charge in [-0.1, -0.05) is 33.1 Å². The molecule has 0 saturated heterocycles. The van der Waals surface area contributed by atoms with Crippen LogP contribution < -0.4 is 4.80 Å². The largest absolute Gasteiger partial charge is 0.269 e. The Kier molecular flexibility index (Phi) is 7.36. The molecule has 1 aliphatic carbocycles. The molecule has 1 saturated carbocycles. The molecule has 0 atom stereocenters. The van der Waals surface area contributed by atoms with Crippen LogP contribution in [0.5, 0.6) is 0 Å². The molecule has 3 rings (SSSR count). The highest BCUT2D eigenvalue weighted by atomic mass is 32.1. The van der Waals surface area contributed by atoms with Crippen molar-refractivity contribution in [1.29, 1.82) is 0 Å². The van der Waals surface area contributed by atoms with Crippen LogP contribution >= 0.6 is 11.3 Å². The third-order valence-electron chi connectivity index (χ3n) is 5.28. The molecule has 0 N–H and O–H groups in total. The minimum Gasteiger partial charge on any atom is -0.258 e. The molecular weight excluding hydrogens is 384 g/mol. The number of benzene rings is 1. The quantitative estimate of drug-likeness (QED) is 0.316. The van der Waals surface area contributed by atoms with E-state index in [1.807, 2.05) is 4.68 Å². The third-order valence-corrected chi connectivity index (χ3v) is 6.11. The average molecular weight is 415 g/mol. The zero-order valence-corrected chi connectivity index (χ0v) is 18.3. The molecule has 156 valence electrons. The van der Waals surface area contributed by atoms with Gasteiger partial charge in [0.2, 0.25) is 4.80 Å². The molecule has 0 amide bonds. The van der Waals surface area contributed by atoms with E-state index < -0.39 is 0 Å². The second kappa shape index (κ2) is 9.96. The summed E-state index contributed by atoms with van der Waals surface area (Å²) < 4.78 is 1.94. The van der Waals surface area contributed by atoms with Crippen LogP contribution in [0.1, 0.15) is 65.7 Å². The van der Waals surface area contributed by atoms with E-state index in [1.165, 1.54) is 19.3 Å². The summed E-state index contributed by atoms with van der Waals surface area (Å²) in [6, 6.07) is 7.04. The third kappa shape index (κ3) is 5.85. The number of nitro groups is 1. The monoisotopic (exact) mass is 414 g/mol. The zero-order valence-electron chi connectivity index (χ0n) is 17.5. The van der Waals surface area contributed by atoms with Crippen molar-refractivity contribution in [1.82, 2.24) is 4.68 Å². The number of thiazole rings is 1. The molecule has 0 radical (unpaired) electrons. The van der Waals surface area contributed by atoms with Crippen LogP contribution in [-0.4, -0.2) is 21.4 Å². The summed E-state index contributed by atoms with van der Waals surface area (Å²) >= 11 is 1.60. The Balaban J connectivity index is 2.00. The SMILES string of the molecule is CC(CCC(C)C)=Nn1c(-c2ccc([N+](=O)[O-])cc2)csc1=NC1CCCCC1. The van der Waals surface area contributed by atoms with Gasteiger partial charge in [-0.2, -0.15) is 5.10 Å². The molecule has 0 aliphatic heterocycles. The van der Waals surface area contributed by atoms with Crippen LogP contribution in [-0.2, 0) is 0 Å². The first kappa shape index (κ1) is 21.4. The van der Waals surface area contributed by atoms with E-state index in [0.29, 0.717) is 12.0 Å². The van der Waals surface area contributed by atoms with Gasteiger partial charge in [-0.25, -0.2) is 4.68 Å². The second-order valence-electron chi connectivity index (χ2n) is 8.21. The molecule has 29 heavy (non-hydrogen) atoms. The highest BCUT2D eigenvalue weighted by molar-refractivity contribution is 7.07. The fourth-order valence-electron chi connectivity index (χ4n) is 3.52. The number of nitro benzene ring substituents is 1. The molecule has 1 heterocycles. The van der Waals surface area contributed by atoms with Gasteiger partial charge in [0, 0.05) is 28.8 Å². The van der Waals surface area contributed by atoms with Crippen LogP contribution in [0.2, 0.25) is 0 Å². The minimum absolute atomic E-state index is 0.0965. The van der Waals surface area contributed by atoms with E-state index in [2.05, 4.69) is 26.2 Å². The topological polar surface area (TPSA) is 72.8 Å². The lowest BCUT2D eigenvalue weighted by Gasteiger charge is -2.17. The smallest absolute Gasteiger partial charge is 0.258 e. The van der Waals surface area contributed by atoms with Crippen molar-refractivity contribution in [2.24, 2.45) is 16.0 Å². The van der Waals surface area contributed by atoms with E-state index in [-0.39, 0.29) is 10.6 Å². The summed E-state index contributed by atoms with van der Waals surface area (Å²) in [6.07, 6.45) is 8.11. The molecule has 7 heteroatoms. The van der Waals surface area contributed by atoms with Crippen molar-refractivity contribution >= 4 is 22.7 Å². The fraction of sp³-hybridized carbons (Fsp3) is 0.545. The maximum absolute atomic E-state index is 11.0. The second-order valence-corrected chi connectivity index (χ2v) is 9.04. The molecule has 1 fully saturated rings. The van der Waals surface area contributed by atoms with Crippen LogP contribution in [0.25, 0.3) is 11.3 Å². The number of aromatic nitrogens is 1. The van der Waals surface area contributed by atoms with Gasteiger partial charge in [-0.3, -0.25) is 15.1 Å². The van der Waals surface area contributed by atoms with Gasteiger partial charge in [0.05, 0.1) is 16.7 Å². The van der Waals surface area contributed by atoms with Crippen LogP contribution in [0.4, 0.5) is 5.69 Å². The lowest BCUT2D eigenvalue weighted by Crippen LogP contribution is -2.19. The first-order chi connectivity index (χ1) is 13.9. The number of non-ortho nitro benzene ring substituents is 1. The summed E-state index contributed by atoms with van der Waals surface area (Å²) in [5.41, 5.74) is 3.02. The molecular formula is C22H30N4O2S. The Hall–Kier alpha value is -2.28.